The third kappa shape index (κ3) is 3.12. The maximum absolute atomic E-state index is 13.0. The van der Waals surface area contributed by atoms with Crippen LogP contribution in [-0.4, -0.2) is 11.7 Å². The van der Waals surface area contributed by atoms with Crippen molar-refractivity contribution in [2.75, 3.05) is 11.4 Å². The Morgan fingerprint density at radius 2 is 1.47 bits per heavy atom. The van der Waals surface area contributed by atoms with Crippen LogP contribution in [0.1, 0.15) is 25.5 Å². The largest absolute Gasteiger partial charge is 0.389 e. The number of halogens is 1. The first-order valence-electron chi connectivity index (χ1n) is 6.43. The normalized spacial score (nSPS) is 12.2. The maximum Gasteiger partial charge on any atom is 0.123 e. The first kappa shape index (κ1) is 13.6. The fourth-order valence-electron chi connectivity index (χ4n) is 2.07. The topological polar surface area (TPSA) is 23.5 Å². The molecule has 2 aromatic rings. The summed E-state index contributed by atoms with van der Waals surface area (Å²) in [5.41, 5.74) is 2.87. The Bertz CT molecular complexity index is 519. The highest BCUT2D eigenvalue weighted by Crippen LogP contribution is 2.26. The number of aliphatic hydroxyl groups excluding tert-OH is 1. The molecule has 0 bridgehead atoms. The minimum Gasteiger partial charge on any atom is -0.389 e. The minimum absolute atomic E-state index is 0.232. The summed E-state index contributed by atoms with van der Waals surface area (Å²) in [6.45, 7) is 4.58. The van der Waals surface area contributed by atoms with Gasteiger partial charge in [0.25, 0.3) is 0 Å². The SMILES string of the molecule is CCN(c1ccc(F)cc1)c1ccc([C@@H](C)O)cc1. The second kappa shape index (κ2) is 5.85. The molecular formula is C16H18FNO. The van der Waals surface area contributed by atoms with Crippen LogP contribution in [-0.2, 0) is 0 Å². The molecule has 2 rings (SSSR count). The summed E-state index contributed by atoms with van der Waals surface area (Å²) in [6, 6.07) is 14.2. The fraction of sp³-hybridized carbons (Fsp3) is 0.250. The molecule has 0 aliphatic carbocycles. The molecule has 0 aliphatic rings. The Balaban J connectivity index is 2.28. The highest BCUT2D eigenvalue weighted by molar-refractivity contribution is 5.63. The third-order valence-electron chi connectivity index (χ3n) is 3.14. The predicted octanol–water partition coefficient (Wildman–Crippen LogP) is 4.04. The molecule has 0 aliphatic heterocycles. The quantitative estimate of drug-likeness (QED) is 0.895. The van der Waals surface area contributed by atoms with Gasteiger partial charge in [-0.05, 0) is 55.8 Å². The van der Waals surface area contributed by atoms with Gasteiger partial charge in [-0.1, -0.05) is 12.1 Å². The average molecular weight is 259 g/mol. The van der Waals surface area contributed by atoms with E-state index in [1.165, 1.54) is 12.1 Å². The maximum atomic E-state index is 13.0. The highest BCUT2D eigenvalue weighted by atomic mass is 19.1. The zero-order valence-corrected chi connectivity index (χ0v) is 11.2. The number of anilines is 2. The van der Waals surface area contributed by atoms with Crippen LogP contribution in [0.25, 0.3) is 0 Å². The molecule has 0 aromatic heterocycles. The molecule has 0 fully saturated rings. The molecule has 1 atom stereocenters. The van der Waals surface area contributed by atoms with Gasteiger partial charge in [0.15, 0.2) is 0 Å². The lowest BCUT2D eigenvalue weighted by molar-refractivity contribution is 0.199. The van der Waals surface area contributed by atoms with E-state index >= 15 is 0 Å². The number of benzene rings is 2. The van der Waals surface area contributed by atoms with E-state index < -0.39 is 6.10 Å². The van der Waals surface area contributed by atoms with Crippen molar-refractivity contribution in [3.05, 3.63) is 59.9 Å². The predicted molar refractivity (Wildman–Crippen MR) is 76.2 cm³/mol. The first-order valence-corrected chi connectivity index (χ1v) is 6.43. The van der Waals surface area contributed by atoms with E-state index in [1.54, 1.807) is 19.1 Å². The molecule has 100 valence electrons. The molecule has 2 aromatic carbocycles. The van der Waals surface area contributed by atoms with Crippen LogP contribution >= 0.6 is 0 Å². The Kier molecular flexibility index (Phi) is 4.17. The van der Waals surface area contributed by atoms with E-state index in [0.717, 1.165) is 23.5 Å². The van der Waals surface area contributed by atoms with Crippen molar-refractivity contribution in [1.29, 1.82) is 0 Å². The lowest BCUT2D eigenvalue weighted by atomic mass is 10.1. The van der Waals surface area contributed by atoms with Crippen LogP contribution < -0.4 is 4.90 Å². The van der Waals surface area contributed by atoms with E-state index in [9.17, 15) is 9.50 Å². The molecule has 0 radical (unpaired) electrons. The molecule has 0 unspecified atom stereocenters. The van der Waals surface area contributed by atoms with Crippen molar-refractivity contribution < 1.29 is 9.50 Å². The zero-order valence-electron chi connectivity index (χ0n) is 11.2. The average Bonchev–Trinajstić information content (AvgIpc) is 2.42. The number of hydrogen-bond donors (Lipinski definition) is 1. The molecule has 0 saturated carbocycles. The molecule has 2 nitrogen and oxygen atoms in total. The number of nitrogens with zero attached hydrogens (tertiary/aromatic N) is 1. The summed E-state index contributed by atoms with van der Waals surface area (Å²) in [6.07, 6.45) is -0.463. The van der Waals surface area contributed by atoms with Crippen molar-refractivity contribution >= 4 is 11.4 Å². The van der Waals surface area contributed by atoms with Crippen LogP contribution in [0.3, 0.4) is 0 Å². The lowest BCUT2D eigenvalue weighted by Gasteiger charge is -2.23. The van der Waals surface area contributed by atoms with Gasteiger partial charge in [-0.15, -0.1) is 0 Å². The summed E-state index contributed by atoms with van der Waals surface area (Å²) < 4.78 is 13.0. The van der Waals surface area contributed by atoms with E-state index in [-0.39, 0.29) is 5.82 Å². The Labute approximate surface area is 113 Å². The van der Waals surface area contributed by atoms with Gasteiger partial charge in [0.05, 0.1) is 6.10 Å². The van der Waals surface area contributed by atoms with Gasteiger partial charge in [0.2, 0.25) is 0 Å². The monoisotopic (exact) mass is 259 g/mol. The van der Waals surface area contributed by atoms with E-state index in [2.05, 4.69) is 4.90 Å². The van der Waals surface area contributed by atoms with Crippen LogP contribution in [0, 0.1) is 5.82 Å². The van der Waals surface area contributed by atoms with Crippen molar-refractivity contribution in [2.45, 2.75) is 20.0 Å². The summed E-state index contributed by atoms with van der Waals surface area (Å²) in [4.78, 5) is 2.09. The third-order valence-corrected chi connectivity index (χ3v) is 3.14. The van der Waals surface area contributed by atoms with Crippen molar-refractivity contribution in [3.63, 3.8) is 0 Å². The standard InChI is InChI=1S/C16H18FNO/c1-3-18(16-10-6-14(17)7-11-16)15-8-4-13(5-9-15)12(2)19/h4-12,19H,3H2,1-2H3/t12-/m1/s1. The molecule has 0 amide bonds. The summed E-state index contributed by atoms with van der Waals surface area (Å²) in [7, 11) is 0. The summed E-state index contributed by atoms with van der Waals surface area (Å²) in [5, 5.41) is 9.50. The van der Waals surface area contributed by atoms with Crippen LogP contribution in [0.2, 0.25) is 0 Å². The Morgan fingerprint density at radius 3 is 1.89 bits per heavy atom. The van der Waals surface area contributed by atoms with Gasteiger partial charge in [0, 0.05) is 17.9 Å². The molecule has 0 saturated heterocycles. The Morgan fingerprint density at radius 1 is 1.00 bits per heavy atom. The zero-order chi connectivity index (χ0) is 13.8. The molecular weight excluding hydrogens is 241 g/mol. The molecule has 3 heteroatoms. The van der Waals surface area contributed by atoms with Crippen molar-refractivity contribution in [1.82, 2.24) is 0 Å². The minimum atomic E-state index is -0.463. The van der Waals surface area contributed by atoms with E-state index in [4.69, 9.17) is 0 Å². The second-order valence-electron chi connectivity index (χ2n) is 4.49. The Hall–Kier alpha value is -1.87. The van der Waals surface area contributed by atoms with Crippen molar-refractivity contribution in [2.24, 2.45) is 0 Å². The van der Waals surface area contributed by atoms with Gasteiger partial charge in [0.1, 0.15) is 5.82 Å². The molecule has 0 heterocycles. The number of hydrogen-bond acceptors (Lipinski definition) is 2. The smallest absolute Gasteiger partial charge is 0.123 e. The van der Waals surface area contributed by atoms with Crippen LogP contribution in [0.5, 0.6) is 0 Å². The van der Waals surface area contributed by atoms with Crippen LogP contribution in [0.4, 0.5) is 15.8 Å². The van der Waals surface area contributed by atoms with Gasteiger partial charge in [-0.2, -0.15) is 0 Å². The lowest BCUT2D eigenvalue weighted by Crippen LogP contribution is -2.15. The van der Waals surface area contributed by atoms with Gasteiger partial charge >= 0.3 is 0 Å². The highest BCUT2D eigenvalue weighted by Gasteiger charge is 2.08. The van der Waals surface area contributed by atoms with Gasteiger partial charge in [-0.25, -0.2) is 4.39 Å². The molecule has 1 N–H and O–H groups in total. The van der Waals surface area contributed by atoms with Crippen LogP contribution in [0.15, 0.2) is 48.5 Å². The number of aliphatic hydroxyl groups is 1. The fourth-order valence-corrected chi connectivity index (χ4v) is 2.07. The number of rotatable bonds is 4. The van der Waals surface area contributed by atoms with E-state index in [0.29, 0.717) is 0 Å². The molecule has 0 spiro atoms. The van der Waals surface area contributed by atoms with Gasteiger partial charge in [-0.3, -0.25) is 0 Å². The first-order chi connectivity index (χ1) is 9.11. The summed E-state index contributed by atoms with van der Waals surface area (Å²) in [5.74, 6) is -0.232. The van der Waals surface area contributed by atoms with Gasteiger partial charge < -0.3 is 10.0 Å². The second-order valence-corrected chi connectivity index (χ2v) is 4.49. The van der Waals surface area contributed by atoms with Crippen molar-refractivity contribution in [3.8, 4) is 0 Å². The van der Waals surface area contributed by atoms with E-state index in [1.807, 2.05) is 31.2 Å². The molecule has 19 heavy (non-hydrogen) atoms. The summed E-state index contributed by atoms with van der Waals surface area (Å²) >= 11 is 0.